The normalized spacial score (nSPS) is 17.1. The quantitative estimate of drug-likeness (QED) is 0.520. The van der Waals surface area contributed by atoms with E-state index >= 15 is 0 Å². The molecular formula is C21H31NO5. The molecule has 0 saturated carbocycles. The highest BCUT2D eigenvalue weighted by Gasteiger charge is 2.30. The van der Waals surface area contributed by atoms with Gasteiger partial charge in [-0.3, -0.25) is 0 Å². The van der Waals surface area contributed by atoms with Crippen molar-refractivity contribution in [3.05, 3.63) is 29.3 Å². The van der Waals surface area contributed by atoms with Gasteiger partial charge < -0.3 is 19.1 Å². The standard InChI is InChI=1S/C21H31NO5/c1-8-14-12-22(18(23)26-20(2,3)4)13-15-11-16(9-10-17(14)15)25-19(24)27-21(5,6)7/h9-11,14H,8,12-13H2,1-7H3. The van der Waals surface area contributed by atoms with Gasteiger partial charge in [0.2, 0.25) is 0 Å². The zero-order chi connectivity index (χ0) is 20.4. The second kappa shape index (κ2) is 7.79. The molecule has 0 fully saturated rings. The predicted octanol–water partition coefficient (Wildman–Crippen LogP) is 5.24. The van der Waals surface area contributed by atoms with E-state index in [-0.39, 0.29) is 12.0 Å². The highest BCUT2D eigenvalue weighted by Crippen LogP contribution is 2.33. The molecule has 0 bridgehead atoms. The SMILES string of the molecule is CCC1CN(C(=O)OC(C)(C)C)Cc2cc(OC(=O)OC(C)(C)C)ccc21. The van der Waals surface area contributed by atoms with E-state index in [0.717, 1.165) is 12.0 Å². The summed E-state index contributed by atoms with van der Waals surface area (Å²) in [6.07, 6.45) is -0.169. The highest BCUT2D eigenvalue weighted by molar-refractivity contribution is 5.69. The van der Waals surface area contributed by atoms with E-state index in [1.807, 2.05) is 26.8 Å². The van der Waals surface area contributed by atoms with Crippen molar-refractivity contribution in [2.24, 2.45) is 0 Å². The second-order valence-electron chi connectivity index (χ2n) is 8.89. The van der Waals surface area contributed by atoms with Gasteiger partial charge in [0.05, 0.1) is 0 Å². The van der Waals surface area contributed by atoms with Crippen LogP contribution in [0.1, 0.15) is 71.9 Å². The maximum atomic E-state index is 12.5. The number of rotatable bonds is 2. The molecule has 1 atom stereocenters. The molecule has 150 valence electrons. The molecule has 1 heterocycles. The molecule has 0 radical (unpaired) electrons. The third-order valence-electron chi connectivity index (χ3n) is 4.09. The molecule has 1 amide bonds. The lowest BCUT2D eigenvalue weighted by atomic mass is 9.88. The van der Waals surface area contributed by atoms with Crippen LogP contribution in [0.4, 0.5) is 9.59 Å². The van der Waals surface area contributed by atoms with Crippen LogP contribution >= 0.6 is 0 Å². The topological polar surface area (TPSA) is 65.1 Å². The number of fused-ring (bicyclic) bond motifs is 1. The van der Waals surface area contributed by atoms with Crippen LogP contribution < -0.4 is 4.74 Å². The van der Waals surface area contributed by atoms with Crippen molar-refractivity contribution >= 4 is 12.2 Å². The van der Waals surface area contributed by atoms with Crippen molar-refractivity contribution in [1.29, 1.82) is 0 Å². The van der Waals surface area contributed by atoms with Crippen molar-refractivity contribution in [2.75, 3.05) is 6.54 Å². The van der Waals surface area contributed by atoms with E-state index in [4.69, 9.17) is 14.2 Å². The Balaban J connectivity index is 2.19. The monoisotopic (exact) mass is 377 g/mol. The number of carbonyl (C=O) groups is 2. The van der Waals surface area contributed by atoms with Gasteiger partial charge in [0.1, 0.15) is 17.0 Å². The van der Waals surface area contributed by atoms with E-state index in [2.05, 4.69) is 6.92 Å². The Morgan fingerprint density at radius 2 is 1.70 bits per heavy atom. The van der Waals surface area contributed by atoms with Gasteiger partial charge in [0, 0.05) is 19.0 Å². The fraction of sp³-hybridized carbons (Fsp3) is 0.619. The lowest BCUT2D eigenvalue weighted by molar-refractivity contribution is 0.0184. The number of benzene rings is 1. The minimum atomic E-state index is -0.741. The first-order valence-corrected chi connectivity index (χ1v) is 9.39. The summed E-state index contributed by atoms with van der Waals surface area (Å²) in [5.41, 5.74) is 0.973. The van der Waals surface area contributed by atoms with Gasteiger partial charge in [-0.05, 0) is 71.2 Å². The van der Waals surface area contributed by atoms with Crippen molar-refractivity contribution in [2.45, 2.75) is 78.6 Å². The molecule has 1 aliphatic heterocycles. The van der Waals surface area contributed by atoms with Crippen molar-refractivity contribution in [3.63, 3.8) is 0 Å². The van der Waals surface area contributed by atoms with E-state index < -0.39 is 17.4 Å². The lowest BCUT2D eigenvalue weighted by Gasteiger charge is -2.35. The molecule has 1 aliphatic rings. The number of nitrogens with zero attached hydrogens (tertiary/aromatic N) is 1. The summed E-state index contributed by atoms with van der Waals surface area (Å²) in [7, 11) is 0. The molecule has 1 aromatic rings. The smallest absolute Gasteiger partial charge is 0.444 e. The molecule has 6 nitrogen and oxygen atoms in total. The predicted molar refractivity (Wildman–Crippen MR) is 103 cm³/mol. The number of hydrogen-bond acceptors (Lipinski definition) is 5. The first kappa shape index (κ1) is 21.1. The zero-order valence-corrected chi connectivity index (χ0v) is 17.4. The summed E-state index contributed by atoms with van der Waals surface area (Å²) >= 11 is 0. The summed E-state index contributed by atoms with van der Waals surface area (Å²) in [4.78, 5) is 26.1. The molecule has 27 heavy (non-hydrogen) atoms. The minimum absolute atomic E-state index is 0.219. The van der Waals surface area contributed by atoms with Gasteiger partial charge in [-0.15, -0.1) is 0 Å². The largest absolute Gasteiger partial charge is 0.514 e. The van der Waals surface area contributed by atoms with Crippen molar-refractivity contribution < 1.29 is 23.8 Å². The van der Waals surface area contributed by atoms with Gasteiger partial charge in [-0.1, -0.05) is 13.0 Å². The summed E-state index contributed by atoms with van der Waals surface area (Å²) in [5, 5.41) is 0. The van der Waals surface area contributed by atoms with Crippen LogP contribution in [-0.4, -0.2) is 34.9 Å². The third-order valence-corrected chi connectivity index (χ3v) is 4.09. The molecule has 1 aromatic carbocycles. The van der Waals surface area contributed by atoms with E-state index in [1.165, 1.54) is 5.56 Å². The molecule has 0 aromatic heterocycles. The Morgan fingerprint density at radius 1 is 1.07 bits per heavy atom. The van der Waals surface area contributed by atoms with Crippen LogP contribution in [0.2, 0.25) is 0 Å². The Labute approximate surface area is 161 Å². The van der Waals surface area contributed by atoms with Gasteiger partial charge in [-0.2, -0.15) is 0 Å². The maximum Gasteiger partial charge on any atom is 0.514 e. The fourth-order valence-corrected chi connectivity index (χ4v) is 3.00. The molecule has 2 rings (SSSR count). The van der Waals surface area contributed by atoms with Crippen molar-refractivity contribution in [3.8, 4) is 5.75 Å². The molecule has 6 heteroatoms. The summed E-state index contributed by atoms with van der Waals surface area (Å²) in [6.45, 7) is 14.0. The van der Waals surface area contributed by atoms with Crippen LogP contribution in [-0.2, 0) is 16.0 Å². The summed E-state index contributed by atoms with van der Waals surface area (Å²) in [5.74, 6) is 0.626. The number of amides is 1. The number of hydrogen-bond donors (Lipinski definition) is 0. The van der Waals surface area contributed by atoms with Crippen molar-refractivity contribution in [1.82, 2.24) is 4.90 Å². The summed E-state index contributed by atoms with van der Waals surface area (Å²) in [6, 6.07) is 5.54. The third kappa shape index (κ3) is 6.15. The summed E-state index contributed by atoms with van der Waals surface area (Å²) < 4.78 is 16.0. The number of ether oxygens (including phenoxy) is 3. The van der Waals surface area contributed by atoms with Crippen LogP contribution in [0.15, 0.2) is 18.2 Å². The van der Waals surface area contributed by atoms with E-state index in [1.54, 1.807) is 37.8 Å². The van der Waals surface area contributed by atoms with E-state index in [9.17, 15) is 9.59 Å². The number of carbonyl (C=O) groups excluding carboxylic acids is 2. The molecular weight excluding hydrogens is 346 g/mol. The molecule has 1 unspecified atom stereocenters. The van der Waals surface area contributed by atoms with Crippen LogP contribution in [0.5, 0.6) is 5.75 Å². The first-order valence-electron chi connectivity index (χ1n) is 9.39. The molecule has 0 aliphatic carbocycles. The second-order valence-corrected chi connectivity index (χ2v) is 8.89. The Kier molecular flexibility index (Phi) is 6.07. The first-order chi connectivity index (χ1) is 12.4. The van der Waals surface area contributed by atoms with Gasteiger partial charge in [0.25, 0.3) is 0 Å². The fourth-order valence-electron chi connectivity index (χ4n) is 3.00. The molecule has 0 N–H and O–H groups in total. The van der Waals surface area contributed by atoms with E-state index in [0.29, 0.717) is 18.8 Å². The highest BCUT2D eigenvalue weighted by atomic mass is 16.7. The molecule has 0 spiro atoms. The van der Waals surface area contributed by atoms with Gasteiger partial charge >= 0.3 is 12.2 Å². The maximum absolute atomic E-state index is 12.5. The van der Waals surface area contributed by atoms with Gasteiger partial charge in [-0.25, -0.2) is 9.59 Å². The minimum Gasteiger partial charge on any atom is -0.444 e. The van der Waals surface area contributed by atoms with Crippen LogP contribution in [0.3, 0.4) is 0 Å². The molecule has 0 saturated heterocycles. The Morgan fingerprint density at radius 3 is 2.26 bits per heavy atom. The Bertz CT molecular complexity index is 700. The average molecular weight is 377 g/mol. The van der Waals surface area contributed by atoms with Gasteiger partial charge in [0.15, 0.2) is 0 Å². The zero-order valence-electron chi connectivity index (χ0n) is 17.4. The Hall–Kier alpha value is -2.24. The van der Waals surface area contributed by atoms with Crippen LogP contribution in [0, 0.1) is 0 Å². The lowest BCUT2D eigenvalue weighted by Crippen LogP contribution is -2.41. The average Bonchev–Trinajstić information content (AvgIpc) is 2.49. The van der Waals surface area contributed by atoms with Crippen LogP contribution in [0.25, 0.3) is 0 Å².